The molecule has 6 nitrogen and oxygen atoms in total. The van der Waals surface area contributed by atoms with E-state index in [9.17, 15) is 22.8 Å². The summed E-state index contributed by atoms with van der Waals surface area (Å²) in [5.74, 6) is -1.57. The smallest absolute Gasteiger partial charge is 0.416 e. The minimum absolute atomic E-state index is 0.0236. The third kappa shape index (κ3) is 5.62. The third-order valence-electron chi connectivity index (χ3n) is 4.23. The molecule has 1 amide bonds. The molecule has 2 atom stereocenters. The highest BCUT2D eigenvalue weighted by Gasteiger charge is 2.35. The number of hydrogen-bond donors (Lipinski definition) is 2. The van der Waals surface area contributed by atoms with Crippen LogP contribution in [0, 0.1) is 11.8 Å². The molecule has 0 saturated carbocycles. The Morgan fingerprint density at radius 2 is 2.08 bits per heavy atom. The molecule has 1 heterocycles. The molecule has 1 aliphatic rings. The van der Waals surface area contributed by atoms with Crippen LogP contribution in [0.5, 0.6) is 5.75 Å². The minimum atomic E-state index is -4.44. The molecular formula is C17H21F3N2O4. The van der Waals surface area contributed by atoms with E-state index in [4.69, 9.17) is 9.84 Å². The number of nitrogens with one attached hydrogen (secondary N) is 1. The van der Waals surface area contributed by atoms with E-state index in [0.29, 0.717) is 13.1 Å². The maximum absolute atomic E-state index is 12.6. The van der Waals surface area contributed by atoms with Gasteiger partial charge in [-0.15, -0.1) is 0 Å². The van der Waals surface area contributed by atoms with Gasteiger partial charge in [-0.25, -0.2) is 0 Å². The van der Waals surface area contributed by atoms with Crippen LogP contribution in [-0.2, 0) is 15.8 Å². The van der Waals surface area contributed by atoms with Crippen LogP contribution in [0.25, 0.3) is 0 Å². The molecule has 0 aromatic heterocycles. The quantitative estimate of drug-likeness (QED) is 0.713. The first kappa shape index (κ1) is 20.0. The number of carboxylic acids is 1. The van der Waals surface area contributed by atoms with Crippen molar-refractivity contribution < 1.29 is 32.6 Å². The van der Waals surface area contributed by atoms with Crippen LogP contribution in [0.3, 0.4) is 0 Å². The number of carbonyl (C=O) groups is 2. The molecule has 0 unspecified atom stereocenters. The number of likely N-dealkylation sites (tertiary alicyclic amines) is 1. The average Bonchev–Trinajstić information content (AvgIpc) is 2.91. The van der Waals surface area contributed by atoms with Crippen LogP contribution in [0.4, 0.5) is 13.2 Å². The normalized spacial score (nSPS) is 20.8. The Balaban J connectivity index is 1.70. The summed E-state index contributed by atoms with van der Waals surface area (Å²) in [6.07, 6.45) is -4.44. The predicted octanol–water partition coefficient (Wildman–Crippen LogP) is 1.85. The molecule has 2 rings (SSSR count). The number of ether oxygens (including phenoxy) is 1. The molecule has 1 aliphatic heterocycles. The lowest BCUT2D eigenvalue weighted by Gasteiger charge is -2.15. The van der Waals surface area contributed by atoms with Crippen molar-refractivity contribution in [1.29, 1.82) is 0 Å². The molecule has 0 bridgehead atoms. The molecule has 144 valence electrons. The monoisotopic (exact) mass is 374 g/mol. The first-order valence-electron chi connectivity index (χ1n) is 8.18. The van der Waals surface area contributed by atoms with Crippen LogP contribution >= 0.6 is 0 Å². The van der Waals surface area contributed by atoms with E-state index in [1.54, 1.807) is 4.90 Å². The Hall–Kier alpha value is -2.29. The molecule has 1 aromatic carbocycles. The number of alkyl halides is 3. The topological polar surface area (TPSA) is 78.9 Å². The van der Waals surface area contributed by atoms with Crippen molar-refractivity contribution in [3.05, 3.63) is 29.8 Å². The Kier molecular flexibility index (Phi) is 6.47. The van der Waals surface area contributed by atoms with E-state index in [-0.39, 0.29) is 37.3 Å². The van der Waals surface area contributed by atoms with Gasteiger partial charge in [0, 0.05) is 13.1 Å². The van der Waals surface area contributed by atoms with Gasteiger partial charge < -0.3 is 15.2 Å². The lowest BCUT2D eigenvalue weighted by molar-refractivity contribution is -0.142. The van der Waals surface area contributed by atoms with E-state index in [1.165, 1.54) is 12.1 Å². The number of halogens is 3. The van der Waals surface area contributed by atoms with Gasteiger partial charge in [0.05, 0.1) is 24.6 Å². The second kappa shape index (κ2) is 8.39. The number of carbonyl (C=O) groups excluding carboxylic acids is 1. The van der Waals surface area contributed by atoms with Gasteiger partial charge in [0.1, 0.15) is 12.4 Å². The highest BCUT2D eigenvalue weighted by atomic mass is 19.4. The van der Waals surface area contributed by atoms with Crippen LogP contribution in [0.1, 0.15) is 12.5 Å². The van der Waals surface area contributed by atoms with Gasteiger partial charge >= 0.3 is 12.1 Å². The number of aliphatic carboxylic acids is 1. The van der Waals surface area contributed by atoms with Gasteiger partial charge in [-0.2, -0.15) is 13.2 Å². The molecule has 1 fully saturated rings. The van der Waals surface area contributed by atoms with Gasteiger partial charge in [0.15, 0.2) is 0 Å². The summed E-state index contributed by atoms with van der Waals surface area (Å²) >= 11 is 0. The lowest BCUT2D eigenvalue weighted by atomic mass is 9.99. The second-order valence-corrected chi connectivity index (χ2v) is 6.34. The zero-order valence-electron chi connectivity index (χ0n) is 14.3. The van der Waals surface area contributed by atoms with Gasteiger partial charge in [0.2, 0.25) is 5.91 Å². The Morgan fingerprint density at radius 3 is 2.69 bits per heavy atom. The molecule has 1 aromatic rings. The Morgan fingerprint density at radius 1 is 1.35 bits per heavy atom. The summed E-state index contributed by atoms with van der Waals surface area (Å²) in [5, 5.41) is 11.7. The first-order valence-corrected chi connectivity index (χ1v) is 8.18. The Bertz CT molecular complexity index is 651. The molecule has 0 spiro atoms. The number of amides is 1. The lowest BCUT2D eigenvalue weighted by Crippen LogP contribution is -2.38. The van der Waals surface area contributed by atoms with E-state index in [1.807, 2.05) is 6.92 Å². The van der Waals surface area contributed by atoms with Gasteiger partial charge in [0.25, 0.3) is 0 Å². The summed E-state index contributed by atoms with van der Waals surface area (Å²) in [4.78, 5) is 24.7. The highest BCUT2D eigenvalue weighted by molar-refractivity contribution is 5.78. The zero-order valence-corrected chi connectivity index (χ0v) is 14.3. The van der Waals surface area contributed by atoms with Crippen LogP contribution in [0.2, 0.25) is 0 Å². The fourth-order valence-electron chi connectivity index (χ4n) is 2.90. The van der Waals surface area contributed by atoms with E-state index in [2.05, 4.69) is 5.32 Å². The van der Waals surface area contributed by atoms with Crippen molar-refractivity contribution in [2.24, 2.45) is 11.8 Å². The summed E-state index contributed by atoms with van der Waals surface area (Å²) in [6, 6.07) is 4.52. The van der Waals surface area contributed by atoms with Gasteiger partial charge in [-0.3, -0.25) is 14.5 Å². The van der Waals surface area contributed by atoms with Crippen molar-refractivity contribution in [3.63, 3.8) is 0 Å². The van der Waals surface area contributed by atoms with Crippen molar-refractivity contribution in [2.45, 2.75) is 13.1 Å². The van der Waals surface area contributed by atoms with E-state index >= 15 is 0 Å². The van der Waals surface area contributed by atoms with Crippen molar-refractivity contribution >= 4 is 11.9 Å². The zero-order chi connectivity index (χ0) is 19.3. The molecular weight excluding hydrogens is 353 g/mol. The molecule has 2 N–H and O–H groups in total. The van der Waals surface area contributed by atoms with Crippen molar-refractivity contribution in [1.82, 2.24) is 10.2 Å². The third-order valence-corrected chi connectivity index (χ3v) is 4.23. The van der Waals surface area contributed by atoms with Gasteiger partial charge in [-0.05, 0) is 24.1 Å². The number of carboxylic acid groups (broad SMARTS) is 1. The summed E-state index contributed by atoms with van der Waals surface area (Å²) < 4.78 is 43.0. The van der Waals surface area contributed by atoms with E-state index < -0.39 is 23.6 Å². The highest BCUT2D eigenvalue weighted by Crippen LogP contribution is 2.31. The van der Waals surface area contributed by atoms with Gasteiger partial charge in [-0.1, -0.05) is 13.0 Å². The van der Waals surface area contributed by atoms with Crippen LogP contribution in [0.15, 0.2) is 24.3 Å². The SMILES string of the molecule is C[C@@H]1CN(CC(=O)NCCOc2cccc(C(F)(F)F)c2)C[C@H]1C(=O)O. The maximum Gasteiger partial charge on any atom is 0.416 e. The number of hydrogen-bond acceptors (Lipinski definition) is 4. The molecule has 9 heteroatoms. The van der Waals surface area contributed by atoms with Crippen molar-refractivity contribution in [3.8, 4) is 5.75 Å². The summed E-state index contributed by atoms with van der Waals surface area (Å²) in [5.41, 5.74) is -0.796. The standard InChI is InChI=1S/C17H21F3N2O4/c1-11-8-22(9-14(11)16(24)25)10-15(23)21-5-6-26-13-4-2-3-12(7-13)17(18,19)20/h2-4,7,11,14H,5-6,8-10H2,1H3,(H,21,23)(H,24,25)/t11-,14-/m1/s1. The van der Waals surface area contributed by atoms with Crippen LogP contribution in [-0.4, -0.2) is 54.7 Å². The molecule has 26 heavy (non-hydrogen) atoms. The molecule has 0 aliphatic carbocycles. The average molecular weight is 374 g/mol. The van der Waals surface area contributed by atoms with E-state index in [0.717, 1.165) is 12.1 Å². The summed E-state index contributed by atoms with van der Waals surface area (Å²) in [7, 11) is 0. The summed E-state index contributed by atoms with van der Waals surface area (Å²) in [6.45, 7) is 2.94. The predicted molar refractivity (Wildman–Crippen MR) is 86.7 cm³/mol. The number of rotatable bonds is 7. The molecule has 1 saturated heterocycles. The number of benzene rings is 1. The largest absolute Gasteiger partial charge is 0.492 e. The minimum Gasteiger partial charge on any atom is -0.492 e. The van der Waals surface area contributed by atoms with Crippen LogP contribution < -0.4 is 10.1 Å². The fraction of sp³-hybridized carbons (Fsp3) is 0.529. The first-order chi connectivity index (χ1) is 12.2. The fourth-order valence-corrected chi connectivity index (χ4v) is 2.90. The second-order valence-electron chi connectivity index (χ2n) is 6.34. The molecule has 0 radical (unpaired) electrons. The number of nitrogens with zero attached hydrogens (tertiary/aromatic N) is 1. The maximum atomic E-state index is 12.6. The Labute approximate surface area is 148 Å². The van der Waals surface area contributed by atoms with Crippen molar-refractivity contribution in [2.75, 3.05) is 32.8 Å².